The summed E-state index contributed by atoms with van der Waals surface area (Å²) in [5, 5.41) is 0. The number of carbonyl (C=O) groups is 1. The Morgan fingerprint density at radius 2 is 1.69 bits per heavy atom. The average Bonchev–Trinajstić information content (AvgIpc) is 2.77. The Labute approximate surface area is 172 Å². The Morgan fingerprint density at radius 3 is 2.38 bits per heavy atom. The first-order chi connectivity index (χ1) is 14.0. The fraction of sp³-hybridized carbons (Fsp3) is 0.409. The van der Waals surface area contributed by atoms with E-state index in [-0.39, 0.29) is 19.0 Å². The van der Waals surface area contributed by atoms with Gasteiger partial charge in [0.15, 0.2) is 0 Å². The van der Waals surface area contributed by atoms with E-state index in [4.69, 9.17) is 9.47 Å². The van der Waals surface area contributed by atoms with Crippen LogP contribution in [0.4, 0.5) is 0 Å². The molecule has 0 spiro atoms. The van der Waals surface area contributed by atoms with Gasteiger partial charge in [-0.05, 0) is 43.0 Å². The van der Waals surface area contributed by atoms with Crippen molar-refractivity contribution in [2.45, 2.75) is 43.6 Å². The number of rotatable bonds is 8. The van der Waals surface area contributed by atoms with E-state index in [1.165, 1.54) is 0 Å². The maximum Gasteiger partial charge on any atom is 0.306 e. The van der Waals surface area contributed by atoms with Gasteiger partial charge < -0.3 is 9.47 Å². The Hall–Kier alpha value is -2.38. The summed E-state index contributed by atoms with van der Waals surface area (Å²) in [6, 6.07) is 14.2. The number of carbonyl (C=O) groups excluding carboxylic acids is 1. The van der Waals surface area contributed by atoms with Crippen LogP contribution in [0.15, 0.2) is 53.4 Å². The van der Waals surface area contributed by atoms with E-state index < -0.39 is 10.0 Å². The minimum Gasteiger partial charge on any atom is -0.496 e. The Morgan fingerprint density at radius 1 is 1.00 bits per heavy atom. The molecule has 0 amide bonds. The van der Waals surface area contributed by atoms with Gasteiger partial charge in [0.2, 0.25) is 10.0 Å². The molecule has 0 aliphatic carbocycles. The number of sulfonamides is 1. The molecule has 1 fully saturated rings. The van der Waals surface area contributed by atoms with E-state index >= 15 is 0 Å². The summed E-state index contributed by atoms with van der Waals surface area (Å²) in [6.07, 6.45) is 3.63. The predicted molar refractivity (Wildman–Crippen MR) is 110 cm³/mol. The first-order valence-corrected chi connectivity index (χ1v) is 11.3. The minimum atomic E-state index is -3.43. The van der Waals surface area contributed by atoms with E-state index in [1.807, 2.05) is 24.3 Å². The molecule has 6 nitrogen and oxygen atoms in total. The lowest BCUT2D eigenvalue weighted by molar-refractivity contribution is -0.144. The van der Waals surface area contributed by atoms with Crippen molar-refractivity contribution in [1.29, 1.82) is 0 Å². The highest BCUT2D eigenvalue weighted by Gasteiger charge is 2.25. The molecular weight excluding hydrogens is 390 g/mol. The van der Waals surface area contributed by atoms with Crippen molar-refractivity contribution in [2.24, 2.45) is 0 Å². The summed E-state index contributed by atoms with van der Waals surface area (Å²) in [7, 11) is -1.85. The quantitative estimate of drug-likeness (QED) is 0.614. The topological polar surface area (TPSA) is 72.9 Å². The van der Waals surface area contributed by atoms with Gasteiger partial charge >= 0.3 is 5.97 Å². The van der Waals surface area contributed by atoms with Crippen molar-refractivity contribution >= 4 is 16.0 Å². The van der Waals surface area contributed by atoms with Gasteiger partial charge in [-0.2, -0.15) is 4.31 Å². The second-order valence-electron chi connectivity index (χ2n) is 7.08. The summed E-state index contributed by atoms with van der Waals surface area (Å²) < 4.78 is 37.5. The molecule has 2 aromatic carbocycles. The molecule has 1 heterocycles. The van der Waals surface area contributed by atoms with Crippen molar-refractivity contribution in [3.05, 3.63) is 59.7 Å². The Kier molecular flexibility index (Phi) is 7.28. The van der Waals surface area contributed by atoms with Crippen LogP contribution in [-0.4, -0.2) is 38.9 Å². The van der Waals surface area contributed by atoms with Crippen molar-refractivity contribution in [3.63, 3.8) is 0 Å². The van der Waals surface area contributed by atoms with Crippen LogP contribution in [0.2, 0.25) is 0 Å². The third-order valence-corrected chi connectivity index (χ3v) is 6.99. The summed E-state index contributed by atoms with van der Waals surface area (Å²) in [6.45, 7) is 1.33. The van der Waals surface area contributed by atoms with Gasteiger partial charge in [0.25, 0.3) is 0 Å². The van der Waals surface area contributed by atoms with E-state index in [9.17, 15) is 13.2 Å². The summed E-state index contributed by atoms with van der Waals surface area (Å²) >= 11 is 0. The Balaban J connectivity index is 1.51. The van der Waals surface area contributed by atoms with Gasteiger partial charge in [-0.1, -0.05) is 36.8 Å². The standard InChI is InChI=1S/C22H27NO5S/c1-27-21-8-4-3-7-19(21)17-28-22(24)14-11-18-9-12-20(13-10-18)29(25,26)23-15-5-2-6-16-23/h3-4,7-10,12-13H,2,5-6,11,14-17H2,1H3. The molecular formula is C22H27NO5S. The molecule has 0 N–H and O–H groups in total. The molecule has 0 saturated carbocycles. The van der Waals surface area contributed by atoms with Crippen molar-refractivity contribution in [2.75, 3.05) is 20.2 Å². The average molecular weight is 418 g/mol. The number of hydrogen-bond donors (Lipinski definition) is 0. The minimum absolute atomic E-state index is 0.163. The van der Waals surface area contributed by atoms with Gasteiger partial charge in [0.05, 0.1) is 12.0 Å². The molecule has 156 valence electrons. The van der Waals surface area contributed by atoms with Crippen LogP contribution in [0.5, 0.6) is 5.75 Å². The van der Waals surface area contributed by atoms with Crippen LogP contribution in [0, 0.1) is 0 Å². The van der Waals surface area contributed by atoms with Crippen molar-refractivity contribution in [3.8, 4) is 5.75 Å². The largest absolute Gasteiger partial charge is 0.496 e. The molecule has 1 aliphatic heterocycles. The lowest BCUT2D eigenvalue weighted by Gasteiger charge is -2.25. The fourth-order valence-corrected chi connectivity index (χ4v) is 4.90. The molecule has 0 radical (unpaired) electrons. The monoisotopic (exact) mass is 417 g/mol. The van der Waals surface area contributed by atoms with Crippen LogP contribution in [0.25, 0.3) is 0 Å². The van der Waals surface area contributed by atoms with Crippen LogP contribution >= 0.6 is 0 Å². The number of hydrogen-bond acceptors (Lipinski definition) is 5. The molecule has 0 bridgehead atoms. The van der Waals surface area contributed by atoms with Crippen LogP contribution in [-0.2, 0) is 32.6 Å². The molecule has 0 aromatic heterocycles. The van der Waals surface area contributed by atoms with Gasteiger partial charge in [0.1, 0.15) is 12.4 Å². The zero-order valence-corrected chi connectivity index (χ0v) is 17.5. The maximum absolute atomic E-state index is 12.7. The van der Waals surface area contributed by atoms with Gasteiger partial charge in [-0.15, -0.1) is 0 Å². The highest BCUT2D eigenvalue weighted by Crippen LogP contribution is 2.21. The molecule has 0 atom stereocenters. The van der Waals surface area contributed by atoms with E-state index in [0.717, 1.165) is 30.4 Å². The van der Waals surface area contributed by atoms with Crippen LogP contribution in [0.3, 0.4) is 0 Å². The number of piperidine rings is 1. The maximum atomic E-state index is 12.7. The molecule has 1 aliphatic rings. The number of methoxy groups -OCH3 is 1. The number of nitrogens with zero attached hydrogens (tertiary/aromatic N) is 1. The molecule has 1 saturated heterocycles. The predicted octanol–water partition coefficient (Wildman–Crippen LogP) is 3.55. The smallest absolute Gasteiger partial charge is 0.306 e. The van der Waals surface area contributed by atoms with E-state index in [0.29, 0.717) is 30.2 Å². The first-order valence-electron chi connectivity index (χ1n) is 9.87. The number of aryl methyl sites for hydroxylation is 1. The highest BCUT2D eigenvalue weighted by molar-refractivity contribution is 7.89. The van der Waals surface area contributed by atoms with Crippen molar-refractivity contribution in [1.82, 2.24) is 4.31 Å². The molecule has 0 unspecified atom stereocenters. The first kappa shape index (κ1) is 21.3. The fourth-order valence-electron chi connectivity index (χ4n) is 3.38. The highest BCUT2D eigenvalue weighted by atomic mass is 32.2. The lowest BCUT2D eigenvalue weighted by Crippen LogP contribution is -2.35. The SMILES string of the molecule is COc1ccccc1COC(=O)CCc1ccc(S(=O)(=O)N2CCCCC2)cc1. The van der Waals surface area contributed by atoms with E-state index in [1.54, 1.807) is 35.7 Å². The second-order valence-corrected chi connectivity index (χ2v) is 9.02. The molecule has 3 rings (SSSR count). The number of esters is 1. The Bertz CT molecular complexity index is 918. The van der Waals surface area contributed by atoms with Crippen molar-refractivity contribution < 1.29 is 22.7 Å². The number of para-hydroxylation sites is 1. The van der Waals surface area contributed by atoms with Crippen LogP contribution in [0.1, 0.15) is 36.8 Å². The number of benzene rings is 2. The van der Waals surface area contributed by atoms with Gasteiger partial charge in [-0.25, -0.2) is 8.42 Å². The van der Waals surface area contributed by atoms with Gasteiger partial charge in [-0.3, -0.25) is 4.79 Å². The molecule has 2 aromatic rings. The summed E-state index contributed by atoms with van der Waals surface area (Å²) in [4.78, 5) is 12.4. The summed E-state index contributed by atoms with van der Waals surface area (Å²) in [5.74, 6) is 0.381. The normalized spacial score (nSPS) is 15.1. The third kappa shape index (κ3) is 5.58. The summed E-state index contributed by atoms with van der Waals surface area (Å²) in [5.41, 5.74) is 1.72. The van der Waals surface area contributed by atoms with Gasteiger partial charge in [0, 0.05) is 25.1 Å². The molecule has 29 heavy (non-hydrogen) atoms. The number of ether oxygens (including phenoxy) is 2. The van der Waals surface area contributed by atoms with E-state index in [2.05, 4.69) is 0 Å². The zero-order valence-electron chi connectivity index (χ0n) is 16.7. The third-order valence-electron chi connectivity index (χ3n) is 5.08. The van der Waals surface area contributed by atoms with Crippen LogP contribution < -0.4 is 4.74 Å². The molecule has 7 heteroatoms. The second kappa shape index (κ2) is 9.89. The zero-order chi connectivity index (χ0) is 20.7. The lowest BCUT2D eigenvalue weighted by atomic mass is 10.1.